The number of nitrogens with one attached hydrogen (secondary N) is 1. The minimum atomic E-state index is -0.542. The van der Waals surface area contributed by atoms with Gasteiger partial charge in [-0.1, -0.05) is 30.7 Å². The van der Waals surface area contributed by atoms with E-state index in [2.05, 4.69) is 5.32 Å². The monoisotopic (exact) mass is 384 g/mol. The molecule has 0 bridgehead atoms. The van der Waals surface area contributed by atoms with Crippen LogP contribution in [0, 0.1) is 0 Å². The van der Waals surface area contributed by atoms with E-state index in [1.807, 2.05) is 19.1 Å². The zero-order chi connectivity index (χ0) is 19.4. The number of amides is 2. The molecule has 1 heterocycles. The molecule has 1 N–H and O–H groups in total. The molecular formula is C21H21ClN2O3. The highest BCUT2D eigenvalue weighted by molar-refractivity contribution is 6.30. The lowest BCUT2D eigenvalue weighted by molar-refractivity contribution is -0.125. The first-order chi connectivity index (χ1) is 13.0. The molecule has 1 aliphatic rings. The van der Waals surface area contributed by atoms with Gasteiger partial charge in [0.15, 0.2) is 6.10 Å². The van der Waals surface area contributed by atoms with Crippen molar-refractivity contribution in [2.24, 2.45) is 0 Å². The van der Waals surface area contributed by atoms with Crippen molar-refractivity contribution in [3.05, 3.63) is 59.1 Å². The lowest BCUT2D eigenvalue weighted by atomic mass is 10.1. The molecule has 0 radical (unpaired) electrons. The molecule has 0 spiro atoms. The van der Waals surface area contributed by atoms with Crippen molar-refractivity contribution >= 4 is 40.9 Å². The van der Waals surface area contributed by atoms with E-state index in [-0.39, 0.29) is 11.8 Å². The summed E-state index contributed by atoms with van der Waals surface area (Å²) in [4.78, 5) is 26.2. The summed E-state index contributed by atoms with van der Waals surface area (Å²) in [6.07, 6.45) is 3.48. The average molecular weight is 385 g/mol. The van der Waals surface area contributed by atoms with E-state index in [0.29, 0.717) is 23.0 Å². The molecule has 2 amide bonds. The molecule has 2 aromatic carbocycles. The quantitative estimate of drug-likeness (QED) is 0.771. The van der Waals surface area contributed by atoms with Gasteiger partial charge in [-0.05, 0) is 49.2 Å². The SMILES string of the molecule is CCCN1C(=O)C(C)Oc2cc(NC(=O)/C=C/c3ccc(Cl)cc3)ccc21. The molecule has 1 aliphatic heterocycles. The second kappa shape index (κ2) is 8.27. The topological polar surface area (TPSA) is 58.6 Å². The second-order valence-corrected chi connectivity index (χ2v) is 6.74. The Balaban J connectivity index is 1.73. The van der Waals surface area contributed by atoms with Crippen LogP contribution < -0.4 is 15.0 Å². The summed E-state index contributed by atoms with van der Waals surface area (Å²) in [5.74, 6) is 0.289. The number of hydrogen-bond acceptors (Lipinski definition) is 3. The molecule has 6 heteroatoms. The van der Waals surface area contributed by atoms with Crippen molar-refractivity contribution in [3.8, 4) is 5.75 Å². The molecule has 27 heavy (non-hydrogen) atoms. The molecule has 0 saturated carbocycles. The molecule has 0 fully saturated rings. The van der Waals surface area contributed by atoms with E-state index in [9.17, 15) is 9.59 Å². The third kappa shape index (κ3) is 4.49. The van der Waals surface area contributed by atoms with Crippen LogP contribution in [-0.4, -0.2) is 24.5 Å². The maximum absolute atomic E-state index is 12.3. The highest BCUT2D eigenvalue weighted by atomic mass is 35.5. The molecule has 0 aliphatic carbocycles. The first kappa shape index (κ1) is 19.0. The minimum Gasteiger partial charge on any atom is -0.479 e. The predicted octanol–water partition coefficient (Wildman–Crippen LogP) is 4.52. The number of carbonyl (C=O) groups excluding carboxylic acids is 2. The highest BCUT2D eigenvalue weighted by Crippen LogP contribution is 2.36. The number of benzene rings is 2. The van der Waals surface area contributed by atoms with Gasteiger partial charge >= 0.3 is 0 Å². The summed E-state index contributed by atoms with van der Waals surface area (Å²) in [5.41, 5.74) is 2.22. The van der Waals surface area contributed by atoms with Crippen LogP contribution in [0.1, 0.15) is 25.8 Å². The van der Waals surface area contributed by atoms with Gasteiger partial charge in [0.2, 0.25) is 5.91 Å². The Morgan fingerprint density at radius 2 is 2.00 bits per heavy atom. The normalized spacial score (nSPS) is 16.2. The van der Waals surface area contributed by atoms with Gasteiger partial charge in [-0.25, -0.2) is 0 Å². The summed E-state index contributed by atoms with van der Waals surface area (Å²) < 4.78 is 5.71. The minimum absolute atomic E-state index is 0.0490. The summed E-state index contributed by atoms with van der Waals surface area (Å²) in [5, 5.41) is 3.46. The Labute approximate surface area is 163 Å². The van der Waals surface area contributed by atoms with Crippen molar-refractivity contribution in [2.75, 3.05) is 16.8 Å². The van der Waals surface area contributed by atoms with Gasteiger partial charge < -0.3 is 15.0 Å². The van der Waals surface area contributed by atoms with Crippen molar-refractivity contribution < 1.29 is 14.3 Å². The van der Waals surface area contributed by atoms with E-state index in [1.165, 1.54) is 6.08 Å². The Kier molecular flexibility index (Phi) is 5.81. The standard InChI is InChI=1S/C21H21ClN2O3/c1-3-12-24-18-10-9-17(13-19(18)27-14(2)21(24)26)23-20(25)11-6-15-4-7-16(22)8-5-15/h4-11,13-14H,3,12H2,1-2H3,(H,23,25)/b11-6+. The molecule has 1 unspecified atom stereocenters. The van der Waals surface area contributed by atoms with Crippen molar-refractivity contribution in [2.45, 2.75) is 26.4 Å². The third-order valence-electron chi connectivity index (χ3n) is 4.18. The predicted molar refractivity (Wildman–Crippen MR) is 108 cm³/mol. The molecule has 1 atom stereocenters. The van der Waals surface area contributed by atoms with E-state index in [1.54, 1.807) is 48.2 Å². The van der Waals surface area contributed by atoms with Gasteiger partial charge in [0, 0.05) is 29.4 Å². The van der Waals surface area contributed by atoms with E-state index in [0.717, 1.165) is 17.7 Å². The number of fused-ring (bicyclic) bond motifs is 1. The van der Waals surface area contributed by atoms with Crippen molar-refractivity contribution in [3.63, 3.8) is 0 Å². The zero-order valence-electron chi connectivity index (χ0n) is 15.2. The summed E-state index contributed by atoms with van der Waals surface area (Å²) in [6, 6.07) is 12.5. The van der Waals surface area contributed by atoms with Gasteiger partial charge in [0.1, 0.15) is 5.75 Å². The Bertz CT molecular complexity index is 877. The number of nitrogens with zero attached hydrogens (tertiary/aromatic N) is 1. The van der Waals surface area contributed by atoms with Crippen LogP contribution >= 0.6 is 11.6 Å². The fourth-order valence-electron chi connectivity index (χ4n) is 2.87. The fraction of sp³-hybridized carbons (Fsp3) is 0.238. The van der Waals surface area contributed by atoms with Crippen LogP contribution in [0.25, 0.3) is 6.08 Å². The van der Waals surface area contributed by atoms with Crippen LogP contribution in [0.3, 0.4) is 0 Å². The summed E-state index contributed by atoms with van der Waals surface area (Å²) in [6.45, 7) is 4.39. The van der Waals surface area contributed by atoms with Crippen molar-refractivity contribution in [1.29, 1.82) is 0 Å². The van der Waals surface area contributed by atoms with Gasteiger partial charge in [0.25, 0.3) is 5.91 Å². The first-order valence-electron chi connectivity index (χ1n) is 8.84. The van der Waals surface area contributed by atoms with Crippen molar-refractivity contribution in [1.82, 2.24) is 0 Å². The van der Waals surface area contributed by atoms with Crippen LogP contribution in [0.5, 0.6) is 5.75 Å². The van der Waals surface area contributed by atoms with E-state index in [4.69, 9.17) is 16.3 Å². The average Bonchev–Trinajstić information content (AvgIpc) is 2.65. The molecule has 2 aromatic rings. The number of hydrogen-bond donors (Lipinski definition) is 1. The van der Waals surface area contributed by atoms with Crippen LogP contribution in [0.15, 0.2) is 48.5 Å². The lowest BCUT2D eigenvalue weighted by Gasteiger charge is -2.33. The summed E-state index contributed by atoms with van der Waals surface area (Å²) in [7, 11) is 0. The lowest BCUT2D eigenvalue weighted by Crippen LogP contribution is -2.44. The maximum Gasteiger partial charge on any atom is 0.267 e. The van der Waals surface area contributed by atoms with Crippen LogP contribution in [0.4, 0.5) is 11.4 Å². The Hall–Kier alpha value is -2.79. The maximum atomic E-state index is 12.3. The Morgan fingerprint density at radius 3 is 2.70 bits per heavy atom. The summed E-state index contributed by atoms with van der Waals surface area (Å²) >= 11 is 5.85. The van der Waals surface area contributed by atoms with E-state index < -0.39 is 6.10 Å². The van der Waals surface area contributed by atoms with E-state index >= 15 is 0 Å². The highest BCUT2D eigenvalue weighted by Gasteiger charge is 2.31. The van der Waals surface area contributed by atoms with Gasteiger partial charge in [-0.2, -0.15) is 0 Å². The van der Waals surface area contributed by atoms with Crippen LogP contribution in [-0.2, 0) is 9.59 Å². The number of carbonyl (C=O) groups is 2. The van der Waals surface area contributed by atoms with Gasteiger partial charge in [-0.15, -0.1) is 0 Å². The fourth-order valence-corrected chi connectivity index (χ4v) is 3.00. The second-order valence-electron chi connectivity index (χ2n) is 6.31. The Morgan fingerprint density at radius 1 is 1.26 bits per heavy atom. The molecule has 0 aromatic heterocycles. The zero-order valence-corrected chi connectivity index (χ0v) is 16.0. The molecule has 140 valence electrons. The third-order valence-corrected chi connectivity index (χ3v) is 4.43. The number of halogens is 1. The van der Waals surface area contributed by atoms with Gasteiger partial charge in [-0.3, -0.25) is 9.59 Å². The molecular weight excluding hydrogens is 364 g/mol. The first-order valence-corrected chi connectivity index (χ1v) is 9.22. The van der Waals surface area contributed by atoms with Gasteiger partial charge in [0.05, 0.1) is 5.69 Å². The van der Waals surface area contributed by atoms with Crippen LogP contribution in [0.2, 0.25) is 5.02 Å². The molecule has 0 saturated heterocycles. The smallest absolute Gasteiger partial charge is 0.267 e. The molecule has 3 rings (SSSR count). The number of anilines is 2. The number of rotatable bonds is 5. The largest absolute Gasteiger partial charge is 0.479 e. The number of ether oxygens (including phenoxy) is 1. The molecule has 5 nitrogen and oxygen atoms in total.